The highest BCUT2D eigenvalue weighted by atomic mass is 32.2. The third kappa shape index (κ3) is 2.54. The molecule has 0 aliphatic carbocycles. The summed E-state index contributed by atoms with van der Waals surface area (Å²) in [6.07, 6.45) is -0.0513. The molecule has 19 heavy (non-hydrogen) atoms. The first-order valence-electron chi connectivity index (χ1n) is 7.08. The number of morpholine rings is 1. The topological polar surface area (TPSA) is 61.9 Å². The molecule has 7 heteroatoms. The number of hydrogen-bond acceptors (Lipinski definition) is 4. The van der Waals surface area contributed by atoms with Gasteiger partial charge in [0.15, 0.2) is 0 Å². The fourth-order valence-corrected chi connectivity index (χ4v) is 5.37. The zero-order valence-electron chi connectivity index (χ0n) is 11.6. The van der Waals surface area contributed by atoms with Crippen LogP contribution in [-0.2, 0) is 14.9 Å². The monoisotopic (exact) mass is 289 g/mol. The van der Waals surface area contributed by atoms with Crippen LogP contribution >= 0.6 is 0 Å². The normalized spacial score (nSPS) is 41.6. The van der Waals surface area contributed by atoms with Crippen LogP contribution in [0.1, 0.15) is 13.8 Å². The summed E-state index contributed by atoms with van der Waals surface area (Å²) in [5.74, 6) is 0.983. The summed E-state index contributed by atoms with van der Waals surface area (Å²) in [6.45, 7) is 8.04. The minimum absolute atomic E-state index is 0.0257. The van der Waals surface area contributed by atoms with Gasteiger partial charge in [-0.15, -0.1) is 0 Å². The summed E-state index contributed by atoms with van der Waals surface area (Å²) in [5.41, 5.74) is 0. The SMILES string of the molecule is CC1CN(S(=O)(=O)N2C[C@H]3CNC[C@H]3C2)CC(C)O1. The summed E-state index contributed by atoms with van der Waals surface area (Å²) in [4.78, 5) is 0. The van der Waals surface area contributed by atoms with E-state index in [1.165, 1.54) is 0 Å². The molecule has 3 heterocycles. The zero-order chi connectivity index (χ0) is 13.6. The van der Waals surface area contributed by atoms with Crippen molar-refractivity contribution in [3.05, 3.63) is 0 Å². The first-order valence-corrected chi connectivity index (χ1v) is 8.48. The molecule has 0 aromatic rings. The van der Waals surface area contributed by atoms with E-state index in [-0.39, 0.29) is 12.2 Å². The van der Waals surface area contributed by atoms with Crippen molar-refractivity contribution in [2.75, 3.05) is 39.3 Å². The van der Waals surface area contributed by atoms with Gasteiger partial charge in [0.25, 0.3) is 10.2 Å². The minimum atomic E-state index is -3.31. The van der Waals surface area contributed by atoms with E-state index in [9.17, 15) is 8.42 Å². The Morgan fingerprint density at radius 2 is 1.42 bits per heavy atom. The van der Waals surface area contributed by atoms with Crippen LogP contribution in [0.4, 0.5) is 0 Å². The van der Waals surface area contributed by atoms with Crippen molar-refractivity contribution in [2.45, 2.75) is 26.1 Å². The van der Waals surface area contributed by atoms with Gasteiger partial charge in [0.05, 0.1) is 12.2 Å². The molecule has 3 saturated heterocycles. The molecule has 1 N–H and O–H groups in total. The van der Waals surface area contributed by atoms with Gasteiger partial charge in [-0.05, 0) is 38.8 Å². The average molecular weight is 289 g/mol. The molecule has 0 spiro atoms. The quantitative estimate of drug-likeness (QED) is 0.744. The van der Waals surface area contributed by atoms with Crippen molar-refractivity contribution < 1.29 is 13.2 Å². The van der Waals surface area contributed by atoms with E-state index < -0.39 is 10.2 Å². The van der Waals surface area contributed by atoms with E-state index in [1.807, 2.05) is 13.8 Å². The van der Waals surface area contributed by atoms with Gasteiger partial charge >= 0.3 is 0 Å². The zero-order valence-corrected chi connectivity index (χ0v) is 12.4. The van der Waals surface area contributed by atoms with Gasteiger partial charge in [-0.2, -0.15) is 17.0 Å². The van der Waals surface area contributed by atoms with Crippen molar-refractivity contribution in [3.8, 4) is 0 Å². The van der Waals surface area contributed by atoms with E-state index in [2.05, 4.69) is 5.32 Å². The smallest absolute Gasteiger partial charge is 0.282 e. The number of ether oxygens (including phenoxy) is 1. The van der Waals surface area contributed by atoms with Crippen molar-refractivity contribution >= 4 is 10.2 Å². The molecule has 0 radical (unpaired) electrons. The average Bonchev–Trinajstić information content (AvgIpc) is 2.87. The number of fused-ring (bicyclic) bond motifs is 1. The lowest BCUT2D eigenvalue weighted by Crippen LogP contribution is -2.52. The Kier molecular flexibility index (Phi) is 3.59. The van der Waals surface area contributed by atoms with Crippen LogP contribution < -0.4 is 5.32 Å². The standard InChI is InChI=1S/C12H23N3O3S/c1-9-5-14(6-10(2)18-9)19(16,17)15-7-11-3-13-4-12(11)8-15/h9-13H,3-8H2,1-2H3/t9?,10?,11-,12+. The lowest BCUT2D eigenvalue weighted by molar-refractivity contribution is -0.0453. The molecular weight excluding hydrogens is 266 g/mol. The highest BCUT2D eigenvalue weighted by Crippen LogP contribution is 2.30. The maximum absolute atomic E-state index is 12.7. The lowest BCUT2D eigenvalue weighted by atomic mass is 10.0. The Labute approximate surface area is 115 Å². The van der Waals surface area contributed by atoms with Gasteiger partial charge in [-0.25, -0.2) is 0 Å². The van der Waals surface area contributed by atoms with E-state index in [4.69, 9.17) is 4.74 Å². The van der Waals surface area contributed by atoms with Crippen LogP contribution in [0.15, 0.2) is 0 Å². The van der Waals surface area contributed by atoms with Crippen LogP contribution in [0, 0.1) is 11.8 Å². The highest BCUT2D eigenvalue weighted by molar-refractivity contribution is 7.86. The Bertz CT molecular complexity index is 420. The van der Waals surface area contributed by atoms with Crippen LogP contribution in [-0.4, -0.2) is 68.5 Å². The summed E-state index contributed by atoms with van der Waals surface area (Å²) in [5, 5.41) is 3.33. The molecule has 3 fully saturated rings. The third-order valence-corrected chi connectivity index (χ3v) is 6.30. The van der Waals surface area contributed by atoms with Gasteiger partial charge in [-0.3, -0.25) is 0 Å². The largest absolute Gasteiger partial charge is 0.373 e. The van der Waals surface area contributed by atoms with Gasteiger partial charge in [0.2, 0.25) is 0 Å². The summed E-state index contributed by atoms with van der Waals surface area (Å²) >= 11 is 0. The molecule has 0 amide bonds. The predicted molar refractivity (Wildman–Crippen MR) is 71.9 cm³/mol. The van der Waals surface area contributed by atoms with E-state index in [0.717, 1.165) is 13.1 Å². The van der Waals surface area contributed by atoms with Crippen LogP contribution in [0.5, 0.6) is 0 Å². The number of hydrogen-bond donors (Lipinski definition) is 1. The molecule has 6 nitrogen and oxygen atoms in total. The Balaban J connectivity index is 1.72. The first kappa shape index (κ1) is 13.8. The fraction of sp³-hybridized carbons (Fsp3) is 1.00. The lowest BCUT2D eigenvalue weighted by Gasteiger charge is -2.36. The number of nitrogens with one attached hydrogen (secondary N) is 1. The molecule has 3 rings (SSSR count). The van der Waals surface area contributed by atoms with Crippen LogP contribution in [0.3, 0.4) is 0 Å². The second-order valence-electron chi connectivity index (χ2n) is 6.08. The van der Waals surface area contributed by atoms with Crippen LogP contribution in [0.2, 0.25) is 0 Å². The van der Waals surface area contributed by atoms with E-state index in [0.29, 0.717) is 38.0 Å². The maximum Gasteiger partial charge on any atom is 0.282 e. The highest BCUT2D eigenvalue weighted by Gasteiger charge is 2.44. The maximum atomic E-state index is 12.7. The fourth-order valence-electron chi connectivity index (χ4n) is 3.48. The second kappa shape index (κ2) is 4.96. The number of nitrogens with zero attached hydrogens (tertiary/aromatic N) is 2. The molecule has 0 aromatic heterocycles. The molecule has 0 saturated carbocycles. The molecule has 3 aliphatic rings. The Hall–Kier alpha value is -0.210. The third-order valence-electron chi connectivity index (χ3n) is 4.39. The summed E-state index contributed by atoms with van der Waals surface area (Å²) < 4.78 is 34.3. The van der Waals surface area contributed by atoms with Crippen molar-refractivity contribution in [1.82, 2.24) is 13.9 Å². The van der Waals surface area contributed by atoms with Gasteiger partial charge in [0.1, 0.15) is 0 Å². The van der Waals surface area contributed by atoms with Gasteiger partial charge in [-0.1, -0.05) is 0 Å². The predicted octanol–water partition coefficient (Wildman–Crippen LogP) is -0.508. The molecule has 3 aliphatic heterocycles. The first-order chi connectivity index (χ1) is 8.96. The summed E-state index contributed by atoms with van der Waals surface area (Å²) in [7, 11) is -3.31. The van der Waals surface area contributed by atoms with Gasteiger partial charge in [0, 0.05) is 26.2 Å². The second-order valence-corrected chi connectivity index (χ2v) is 8.01. The van der Waals surface area contributed by atoms with Crippen molar-refractivity contribution in [1.29, 1.82) is 0 Å². The van der Waals surface area contributed by atoms with Gasteiger partial charge < -0.3 is 10.1 Å². The molecular formula is C12H23N3O3S. The molecule has 110 valence electrons. The number of rotatable bonds is 2. The molecule has 0 bridgehead atoms. The Morgan fingerprint density at radius 1 is 0.947 bits per heavy atom. The van der Waals surface area contributed by atoms with Crippen LogP contribution in [0.25, 0.3) is 0 Å². The molecule has 4 atom stereocenters. The van der Waals surface area contributed by atoms with E-state index >= 15 is 0 Å². The van der Waals surface area contributed by atoms with Crippen molar-refractivity contribution in [2.24, 2.45) is 11.8 Å². The molecule has 0 aromatic carbocycles. The van der Waals surface area contributed by atoms with E-state index in [1.54, 1.807) is 8.61 Å². The van der Waals surface area contributed by atoms with Crippen molar-refractivity contribution in [3.63, 3.8) is 0 Å². The minimum Gasteiger partial charge on any atom is -0.373 e. The summed E-state index contributed by atoms with van der Waals surface area (Å²) in [6, 6.07) is 0. The molecule has 2 unspecified atom stereocenters. The Morgan fingerprint density at radius 3 is 1.95 bits per heavy atom.